The Kier molecular flexibility index (Phi) is 5.82. The van der Waals surface area contributed by atoms with Gasteiger partial charge in [-0.3, -0.25) is 10.2 Å². The Hall–Kier alpha value is -3.17. The van der Waals surface area contributed by atoms with Crippen molar-refractivity contribution >= 4 is 22.7 Å². The highest BCUT2D eigenvalue weighted by Gasteiger charge is 2.19. The van der Waals surface area contributed by atoms with E-state index in [1.54, 1.807) is 7.05 Å². The number of carbonyl (C=O) groups excluding carboxylic acids is 1. The molecule has 9 nitrogen and oxygen atoms in total. The van der Waals surface area contributed by atoms with Gasteiger partial charge in [0.05, 0.1) is 5.69 Å². The first kappa shape index (κ1) is 20.1. The Labute approximate surface area is 174 Å². The predicted octanol–water partition coefficient (Wildman–Crippen LogP) is 2.50. The summed E-state index contributed by atoms with van der Waals surface area (Å²) in [6.07, 6.45) is 1.94. The van der Waals surface area contributed by atoms with Gasteiger partial charge in [-0.1, -0.05) is 6.07 Å². The number of hydroxylamine groups is 1. The van der Waals surface area contributed by atoms with Crippen LogP contribution in [0.4, 0.5) is 0 Å². The maximum Gasteiger partial charge on any atom is 0.287 e. The summed E-state index contributed by atoms with van der Waals surface area (Å²) in [5.74, 6) is 0.579. The first-order valence-electron chi connectivity index (χ1n) is 10.0. The lowest BCUT2D eigenvalue weighted by Crippen LogP contribution is -2.32. The number of aromatic nitrogens is 3. The standard InChI is InChI=1S/C21H26N6O3/c1-12-18(27-20(25-12)21(28)24-11-13-5-7-29-8-6-13)14-3-4-16-15(9-14)10-17(26-16)19(22)30-23-2/h3-4,9-10,13,22-23,26H,5-8,11H2,1-2H3,(H,24,28)(H,25,27). The van der Waals surface area contributed by atoms with Crippen LogP contribution >= 0.6 is 0 Å². The molecule has 3 heterocycles. The molecule has 0 unspecified atom stereocenters. The number of benzene rings is 1. The van der Waals surface area contributed by atoms with Crippen molar-refractivity contribution in [1.29, 1.82) is 5.41 Å². The van der Waals surface area contributed by atoms with Crippen molar-refractivity contribution in [2.24, 2.45) is 5.92 Å². The molecule has 0 saturated carbocycles. The summed E-state index contributed by atoms with van der Waals surface area (Å²) in [6, 6.07) is 7.70. The lowest BCUT2D eigenvalue weighted by Gasteiger charge is -2.21. The van der Waals surface area contributed by atoms with Gasteiger partial charge in [0.25, 0.3) is 11.8 Å². The first-order valence-corrected chi connectivity index (χ1v) is 10.0. The number of hydrogen-bond donors (Lipinski definition) is 5. The molecular weight excluding hydrogens is 384 g/mol. The van der Waals surface area contributed by atoms with Crippen molar-refractivity contribution in [1.82, 2.24) is 25.7 Å². The van der Waals surface area contributed by atoms with Gasteiger partial charge in [-0.25, -0.2) is 4.98 Å². The van der Waals surface area contributed by atoms with Crippen LogP contribution in [0.25, 0.3) is 22.2 Å². The molecule has 1 amide bonds. The number of hydrogen-bond acceptors (Lipinski definition) is 6. The van der Waals surface area contributed by atoms with Crippen LogP contribution in [-0.4, -0.2) is 53.6 Å². The molecule has 158 valence electrons. The van der Waals surface area contributed by atoms with Gasteiger partial charge in [0.2, 0.25) is 0 Å². The summed E-state index contributed by atoms with van der Waals surface area (Å²) < 4.78 is 5.36. The zero-order valence-corrected chi connectivity index (χ0v) is 17.1. The Balaban J connectivity index is 1.51. The Morgan fingerprint density at radius 1 is 1.30 bits per heavy atom. The number of fused-ring (bicyclic) bond motifs is 1. The fraction of sp³-hybridized carbons (Fsp3) is 0.381. The molecule has 0 bridgehead atoms. The maximum atomic E-state index is 12.6. The van der Waals surface area contributed by atoms with Crippen molar-refractivity contribution in [3.8, 4) is 11.3 Å². The predicted molar refractivity (Wildman–Crippen MR) is 113 cm³/mol. The summed E-state index contributed by atoms with van der Waals surface area (Å²) in [7, 11) is 1.60. The fourth-order valence-corrected chi connectivity index (χ4v) is 3.68. The van der Waals surface area contributed by atoms with E-state index < -0.39 is 0 Å². The van der Waals surface area contributed by atoms with Crippen molar-refractivity contribution in [2.45, 2.75) is 19.8 Å². The van der Waals surface area contributed by atoms with Crippen molar-refractivity contribution in [3.63, 3.8) is 0 Å². The van der Waals surface area contributed by atoms with Crippen molar-refractivity contribution < 1.29 is 14.4 Å². The molecule has 0 aliphatic carbocycles. The number of rotatable bonds is 6. The van der Waals surface area contributed by atoms with E-state index in [1.807, 2.05) is 31.2 Å². The van der Waals surface area contributed by atoms with E-state index in [9.17, 15) is 4.79 Å². The Morgan fingerprint density at radius 2 is 2.10 bits per heavy atom. The number of amides is 1. The number of nitrogens with one attached hydrogen (secondary N) is 5. The highest BCUT2D eigenvalue weighted by atomic mass is 16.6. The molecule has 1 saturated heterocycles. The van der Waals surface area contributed by atoms with E-state index in [0.29, 0.717) is 24.0 Å². The summed E-state index contributed by atoms with van der Waals surface area (Å²) in [4.78, 5) is 28.4. The number of carbonyl (C=O) groups is 1. The monoisotopic (exact) mass is 410 g/mol. The molecule has 1 aliphatic heterocycles. The molecule has 4 rings (SSSR count). The third-order valence-electron chi connectivity index (χ3n) is 5.33. The molecule has 0 radical (unpaired) electrons. The second kappa shape index (κ2) is 8.68. The second-order valence-corrected chi connectivity index (χ2v) is 7.45. The van der Waals surface area contributed by atoms with E-state index in [-0.39, 0.29) is 11.8 Å². The van der Waals surface area contributed by atoms with Crippen molar-refractivity contribution in [3.05, 3.63) is 41.5 Å². The number of ether oxygens (including phenoxy) is 1. The Morgan fingerprint density at radius 3 is 2.87 bits per heavy atom. The third kappa shape index (κ3) is 4.22. The van der Waals surface area contributed by atoms with E-state index in [1.165, 1.54) is 0 Å². The minimum Gasteiger partial charge on any atom is -0.387 e. The molecule has 2 aromatic heterocycles. The van der Waals surface area contributed by atoms with Gasteiger partial charge >= 0.3 is 0 Å². The minimum absolute atomic E-state index is 0.00897. The largest absolute Gasteiger partial charge is 0.387 e. The van der Waals surface area contributed by atoms with Crippen LogP contribution in [0.2, 0.25) is 0 Å². The van der Waals surface area contributed by atoms with Gasteiger partial charge in [0, 0.05) is 49.0 Å². The molecule has 0 spiro atoms. The first-order chi connectivity index (χ1) is 14.5. The maximum absolute atomic E-state index is 12.6. The fourth-order valence-electron chi connectivity index (χ4n) is 3.68. The summed E-state index contributed by atoms with van der Waals surface area (Å²) >= 11 is 0. The van der Waals surface area contributed by atoms with E-state index in [2.05, 4.69) is 25.7 Å². The van der Waals surface area contributed by atoms with Crippen LogP contribution < -0.4 is 10.8 Å². The van der Waals surface area contributed by atoms with Crippen LogP contribution in [0.15, 0.2) is 24.3 Å². The molecule has 0 atom stereocenters. The quantitative estimate of drug-likeness (QED) is 0.242. The van der Waals surface area contributed by atoms with Crippen LogP contribution in [0.1, 0.15) is 34.8 Å². The molecular formula is C21H26N6O3. The molecule has 1 fully saturated rings. The van der Waals surface area contributed by atoms with Crippen LogP contribution in [-0.2, 0) is 9.57 Å². The zero-order chi connectivity index (χ0) is 21.1. The Bertz CT molecular complexity index is 1060. The highest BCUT2D eigenvalue weighted by molar-refractivity contribution is 5.97. The average molecular weight is 410 g/mol. The summed E-state index contributed by atoms with van der Waals surface area (Å²) in [5, 5.41) is 11.8. The lowest BCUT2D eigenvalue weighted by molar-refractivity contribution is 0.0641. The van der Waals surface area contributed by atoms with Gasteiger partial charge in [0.1, 0.15) is 5.69 Å². The topological polar surface area (TPSA) is 128 Å². The molecule has 1 aromatic carbocycles. The molecule has 9 heteroatoms. The summed E-state index contributed by atoms with van der Waals surface area (Å²) in [6.45, 7) is 4.06. The molecule has 30 heavy (non-hydrogen) atoms. The molecule has 5 N–H and O–H groups in total. The van der Waals surface area contributed by atoms with E-state index in [0.717, 1.165) is 53.9 Å². The number of imidazole rings is 1. The van der Waals surface area contributed by atoms with Crippen LogP contribution in [0.3, 0.4) is 0 Å². The number of nitrogens with zero attached hydrogens (tertiary/aromatic N) is 1. The van der Waals surface area contributed by atoms with E-state index >= 15 is 0 Å². The SMILES string of the molecule is CNOC(=N)c1cc2cc(-c3nc(C(=O)NCC4CCOCC4)[nH]c3C)ccc2[nH]1. The van der Waals surface area contributed by atoms with Gasteiger partial charge in [0.15, 0.2) is 5.82 Å². The van der Waals surface area contributed by atoms with Crippen molar-refractivity contribution in [2.75, 3.05) is 26.8 Å². The highest BCUT2D eigenvalue weighted by Crippen LogP contribution is 2.26. The zero-order valence-electron chi connectivity index (χ0n) is 17.1. The van der Waals surface area contributed by atoms with Crippen LogP contribution in [0, 0.1) is 18.3 Å². The normalized spacial score (nSPS) is 14.7. The summed E-state index contributed by atoms with van der Waals surface area (Å²) in [5.41, 5.74) is 6.41. The minimum atomic E-state index is -0.196. The van der Waals surface area contributed by atoms with Crippen LogP contribution in [0.5, 0.6) is 0 Å². The third-order valence-corrected chi connectivity index (χ3v) is 5.33. The second-order valence-electron chi connectivity index (χ2n) is 7.45. The number of aryl methyl sites for hydroxylation is 1. The van der Waals surface area contributed by atoms with Gasteiger partial charge in [-0.2, -0.15) is 5.48 Å². The smallest absolute Gasteiger partial charge is 0.287 e. The van der Waals surface area contributed by atoms with Gasteiger partial charge in [-0.15, -0.1) is 0 Å². The number of aromatic amines is 2. The number of H-pyrrole nitrogens is 2. The average Bonchev–Trinajstić information content (AvgIpc) is 3.36. The molecule has 3 aromatic rings. The van der Waals surface area contributed by atoms with Gasteiger partial charge in [-0.05, 0) is 43.9 Å². The van der Waals surface area contributed by atoms with Gasteiger partial charge < -0.3 is 24.9 Å². The molecule has 1 aliphatic rings. The lowest BCUT2D eigenvalue weighted by atomic mass is 10.0. The van der Waals surface area contributed by atoms with E-state index in [4.69, 9.17) is 15.0 Å².